The molecule has 0 aliphatic rings. The van der Waals surface area contributed by atoms with E-state index in [-0.39, 0.29) is 11.7 Å². The molecule has 0 heterocycles. The van der Waals surface area contributed by atoms with Crippen LogP contribution < -0.4 is 14.8 Å². The van der Waals surface area contributed by atoms with Gasteiger partial charge in [-0.15, -0.1) is 0 Å². The standard InChI is InChI=1S/C22H23ClN2O3/c1-4-15(3)28-21-10-9-16(12-20(21)23)11-17(14-24)22(26)25-18-7-6-8-19(13-18)27-5-2/h6-13,15H,4-5H2,1-3H3,(H,25,26)/b17-11-/t15-/m1/s1. The molecule has 0 spiro atoms. The third kappa shape index (κ3) is 6.04. The first kappa shape index (κ1) is 21.3. The zero-order chi connectivity index (χ0) is 20.5. The minimum Gasteiger partial charge on any atom is -0.494 e. The SMILES string of the molecule is CCOc1cccc(NC(=O)/C(C#N)=C\c2ccc(O[C@H](C)CC)c(Cl)c2)c1. The summed E-state index contributed by atoms with van der Waals surface area (Å²) < 4.78 is 11.1. The van der Waals surface area contributed by atoms with Crippen LogP contribution in [0.5, 0.6) is 11.5 Å². The van der Waals surface area contributed by atoms with E-state index in [2.05, 4.69) is 5.32 Å². The van der Waals surface area contributed by atoms with Gasteiger partial charge in [0.25, 0.3) is 5.91 Å². The third-order valence-electron chi connectivity index (χ3n) is 3.94. The molecule has 1 atom stereocenters. The molecule has 2 rings (SSSR count). The quantitative estimate of drug-likeness (QED) is 0.473. The Hall–Kier alpha value is -2.97. The van der Waals surface area contributed by atoms with Gasteiger partial charge in [0.05, 0.1) is 17.7 Å². The highest BCUT2D eigenvalue weighted by molar-refractivity contribution is 6.32. The number of ether oxygens (including phenoxy) is 2. The van der Waals surface area contributed by atoms with E-state index in [0.29, 0.717) is 34.4 Å². The topological polar surface area (TPSA) is 71.3 Å². The summed E-state index contributed by atoms with van der Waals surface area (Å²) in [5, 5.41) is 12.5. The van der Waals surface area contributed by atoms with Crippen LogP contribution in [-0.4, -0.2) is 18.6 Å². The van der Waals surface area contributed by atoms with Gasteiger partial charge in [-0.1, -0.05) is 30.7 Å². The summed E-state index contributed by atoms with van der Waals surface area (Å²) in [7, 11) is 0. The van der Waals surface area contributed by atoms with Gasteiger partial charge in [-0.25, -0.2) is 0 Å². The number of anilines is 1. The second kappa shape index (κ2) is 10.4. The number of benzene rings is 2. The summed E-state index contributed by atoms with van der Waals surface area (Å²) in [5.74, 6) is 0.711. The monoisotopic (exact) mass is 398 g/mol. The summed E-state index contributed by atoms with van der Waals surface area (Å²) in [4.78, 5) is 12.5. The van der Waals surface area contributed by atoms with Crippen molar-refractivity contribution in [1.29, 1.82) is 5.26 Å². The van der Waals surface area contributed by atoms with Gasteiger partial charge in [0.1, 0.15) is 23.1 Å². The van der Waals surface area contributed by atoms with Crippen LogP contribution in [0.1, 0.15) is 32.8 Å². The van der Waals surface area contributed by atoms with Crippen molar-refractivity contribution in [2.24, 2.45) is 0 Å². The first-order valence-corrected chi connectivity index (χ1v) is 9.46. The molecule has 0 bridgehead atoms. The van der Waals surface area contributed by atoms with E-state index in [9.17, 15) is 10.1 Å². The summed E-state index contributed by atoms with van der Waals surface area (Å²) in [6.07, 6.45) is 2.40. The van der Waals surface area contributed by atoms with Crippen molar-refractivity contribution in [3.8, 4) is 17.6 Å². The molecule has 5 nitrogen and oxygen atoms in total. The maximum Gasteiger partial charge on any atom is 0.266 e. The van der Waals surface area contributed by atoms with Crippen molar-refractivity contribution >= 4 is 29.3 Å². The van der Waals surface area contributed by atoms with Crippen LogP contribution in [0.2, 0.25) is 5.02 Å². The van der Waals surface area contributed by atoms with E-state index >= 15 is 0 Å². The molecule has 0 saturated carbocycles. The number of nitriles is 1. The second-order valence-electron chi connectivity index (χ2n) is 6.11. The fourth-order valence-electron chi connectivity index (χ4n) is 2.35. The number of hydrogen-bond donors (Lipinski definition) is 1. The lowest BCUT2D eigenvalue weighted by molar-refractivity contribution is -0.112. The maximum absolute atomic E-state index is 12.5. The van der Waals surface area contributed by atoms with E-state index in [0.717, 1.165) is 6.42 Å². The van der Waals surface area contributed by atoms with Crippen molar-refractivity contribution in [3.05, 3.63) is 58.6 Å². The molecule has 0 saturated heterocycles. The van der Waals surface area contributed by atoms with Crippen LogP contribution in [0, 0.1) is 11.3 Å². The van der Waals surface area contributed by atoms with Gasteiger partial charge in [-0.05, 0) is 56.2 Å². The molecule has 0 aromatic heterocycles. The Morgan fingerprint density at radius 3 is 2.71 bits per heavy atom. The molecule has 2 aromatic rings. The number of nitrogens with zero attached hydrogens (tertiary/aromatic N) is 1. The van der Waals surface area contributed by atoms with Crippen molar-refractivity contribution in [2.45, 2.75) is 33.3 Å². The first-order valence-electron chi connectivity index (χ1n) is 9.09. The van der Waals surface area contributed by atoms with Crippen LogP contribution in [0.4, 0.5) is 5.69 Å². The summed E-state index contributed by atoms with van der Waals surface area (Å²) in [6.45, 7) is 6.39. The van der Waals surface area contributed by atoms with Gasteiger partial charge in [-0.2, -0.15) is 5.26 Å². The molecule has 146 valence electrons. The Kier molecular flexibility index (Phi) is 7.91. The molecule has 0 fully saturated rings. The minimum atomic E-state index is -0.507. The zero-order valence-corrected chi connectivity index (χ0v) is 16.9. The normalized spacial score (nSPS) is 12.0. The van der Waals surface area contributed by atoms with Gasteiger partial charge in [0.15, 0.2) is 0 Å². The average molecular weight is 399 g/mol. The summed E-state index contributed by atoms with van der Waals surface area (Å²) in [6, 6.07) is 14.1. The molecule has 1 N–H and O–H groups in total. The highest BCUT2D eigenvalue weighted by atomic mass is 35.5. The molecule has 2 aromatic carbocycles. The van der Waals surface area contributed by atoms with Crippen LogP contribution >= 0.6 is 11.6 Å². The van der Waals surface area contributed by atoms with Crippen molar-refractivity contribution < 1.29 is 14.3 Å². The summed E-state index contributed by atoms with van der Waals surface area (Å²) in [5.41, 5.74) is 1.15. The van der Waals surface area contributed by atoms with E-state index in [1.165, 1.54) is 6.08 Å². The Bertz CT molecular complexity index is 903. The Morgan fingerprint density at radius 2 is 2.07 bits per heavy atom. The number of nitrogens with one attached hydrogen (secondary N) is 1. The van der Waals surface area contributed by atoms with Gasteiger partial charge in [0, 0.05) is 11.8 Å². The molecule has 0 aliphatic heterocycles. The largest absolute Gasteiger partial charge is 0.494 e. The molecular weight excluding hydrogens is 376 g/mol. The lowest BCUT2D eigenvalue weighted by atomic mass is 10.1. The third-order valence-corrected chi connectivity index (χ3v) is 4.23. The highest BCUT2D eigenvalue weighted by Crippen LogP contribution is 2.28. The Morgan fingerprint density at radius 1 is 1.29 bits per heavy atom. The number of carbonyl (C=O) groups excluding carboxylic acids is 1. The molecule has 0 unspecified atom stereocenters. The van der Waals surface area contributed by atoms with E-state index < -0.39 is 5.91 Å². The summed E-state index contributed by atoms with van der Waals surface area (Å²) >= 11 is 6.26. The smallest absolute Gasteiger partial charge is 0.266 e. The number of halogens is 1. The van der Waals surface area contributed by atoms with Crippen LogP contribution in [0.25, 0.3) is 6.08 Å². The van der Waals surface area contributed by atoms with Gasteiger partial charge >= 0.3 is 0 Å². The van der Waals surface area contributed by atoms with Crippen LogP contribution in [-0.2, 0) is 4.79 Å². The Balaban J connectivity index is 2.16. The fraction of sp³-hybridized carbons (Fsp3) is 0.273. The molecule has 28 heavy (non-hydrogen) atoms. The predicted octanol–water partition coefficient (Wildman–Crippen LogP) is 5.46. The Labute approximate surface area is 170 Å². The van der Waals surface area contributed by atoms with Crippen LogP contribution in [0.15, 0.2) is 48.0 Å². The number of amides is 1. The van der Waals surface area contributed by atoms with Gasteiger partial charge in [0.2, 0.25) is 0 Å². The van der Waals surface area contributed by atoms with E-state index in [4.69, 9.17) is 21.1 Å². The van der Waals surface area contributed by atoms with Crippen LogP contribution in [0.3, 0.4) is 0 Å². The zero-order valence-electron chi connectivity index (χ0n) is 16.2. The van der Waals surface area contributed by atoms with Crippen molar-refractivity contribution in [2.75, 3.05) is 11.9 Å². The van der Waals surface area contributed by atoms with Gasteiger partial charge in [-0.3, -0.25) is 4.79 Å². The van der Waals surface area contributed by atoms with E-state index in [1.807, 2.05) is 26.8 Å². The first-order chi connectivity index (χ1) is 13.5. The number of hydrogen-bond acceptors (Lipinski definition) is 4. The number of carbonyl (C=O) groups is 1. The maximum atomic E-state index is 12.5. The molecule has 0 radical (unpaired) electrons. The minimum absolute atomic E-state index is 0.0338. The molecule has 6 heteroatoms. The fourth-order valence-corrected chi connectivity index (χ4v) is 2.58. The van der Waals surface area contributed by atoms with Crippen molar-refractivity contribution in [3.63, 3.8) is 0 Å². The number of rotatable bonds is 8. The van der Waals surface area contributed by atoms with E-state index in [1.54, 1.807) is 42.5 Å². The predicted molar refractivity (Wildman–Crippen MR) is 112 cm³/mol. The highest BCUT2D eigenvalue weighted by Gasteiger charge is 2.12. The molecular formula is C22H23ClN2O3. The molecule has 1 amide bonds. The molecule has 0 aliphatic carbocycles. The second-order valence-corrected chi connectivity index (χ2v) is 6.52. The lowest BCUT2D eigenvalue weighted by Crippen LogP contribution is -2.13. The average Bonchev–Trinajstić information content (AvgIpc) is 2.68. The lowest BCUT2D eigenvalue weighted by Gasteiger charge is -2.14. The van der Waals surface area contributed by atoms with Crippen molar-refractivity contribution in [1.82, 2.24) is 0 Å². The van der Waals surface area contributed by atoms with Gasteiger partial charge < -0.3 is 14.8 Å².